The Morgan fingerprint density at radius 3 is 2.53 bits per heavy atom. The highest BCUT2D eigenvalue weighted by molar-refractivity contribution is 5.95. The van der Waals surface area contributed by atoms with Crippen LogP contribution in [0.3, 0.4) is 0 Å². The summed E-state index contributed by atoms with van der Waals surface area (Å²) in [5.74, 6) is 0.467. The molecule has 5 heteroatoms. The lowest BCUT2D eigenvalue weighted by atomic mass is 9.99. The van der Waals surface area contributed by atoms with Gasteiger partial charge in [-0.05, 0) is 28.8 Å². The van der Waals surface area contributed by atoms with Gasteiger partial charge in [0.2, 0.25) is 0 Å². The van der Waals surface area contributed by atoms with Gasteiger partial charge in [0.1, 0.15) is 5.84 Å². The normalized spacial score (nSPS) is 13.4. The number of benzene rings is 3. The summed E-state index contributed by atoms with van der Waals surface area (Å²) in [5, 5.41) is 3.05. The fourth-order valence-electron chi connectivity index (χ4n) is 3.58. The molecule has 0 atom stereocenters. The van der Waals surface area contributed by atoms with Crippen LogP contribution in [-0.2, 0) is 6.54 Å². The topological polar surface area (TPSA) is 70.7 Å². The van der Waals surface area contributed by atoms with Gasteiger partial charge in [0.15, 0.2) is 0 Å². The molecular weight excluding hydrogens is 372 g/mol. The zero-order valence-corrected chi connectivity index (χ0v) is 16.9. The second kappa shape index (κ2) is 8.66. The number of hydrogen-bond donors (Lipinski definition) is 2. The third-order valence-electron chi connectivity index (χ3n) is 5.13. The third kappa shape index (κ3) is 4.25. The van der Waals surface area contributed by atoms with Crippen LogP contribution in [0.2, 0.25) is 0 Å². The number of nitrogens with zero attached hydrogens (tertiary/aromatic N) is 2. The lowest BCUT2D eigenvalue weighted by molar-refractivity contribution is 0.0951. The monoisotopic (exact) mass is 396 g/mol. The molecule has 30 heavy (non-hydrogen) atoms. The van der Waals surface area contributed by atoms with Crippen LogP contribution in [-0.4, -0.2) is 30.2 Å². The Labute approximate surface area is 176 Å². The molecule has 0 saturated carbocycles. The highest BCUT2D eigenvalue weighted by Gasteiger charge is 2.15. The quantitative estimate of drug-likeness (QED) is 0.687. The van der Waals surface area contributed by atoms with Crippen molar-refractivity contribution in [2.24, 2.45) is 10.7 Å². The highest BCUT2D eigenvalue weighted by Crippen LogP contribution is 2.24. The van der Waals surface area contributed by atoms with E-state index >= 15 is 0 Å². The standard InChI is InChI=1S/C25H24N4O/c1-29-17-24(26)27-16-23(29)19-11-7-12-20(14-19)25(30)28-15-21-10-5-6-13-22(21)18-8-3-2-4-9-18/h2-14,16H,15,17H2,1H3,(H2,26,27)(H,28,30). The molecule has 0 unspecified atom stereocenters. The maximum Gasteiger partial charge on any atom is 0.251 e. The molecule has 3 aromatic rings. The van der Waals surface area contributed by atoms with Crippen molar-refractivity contribution in [2.45, 2.75) is 6.54 Å². The molecule has 150 valence electrons. The number of hydrogen-bond acceptors (Lipinski definition) is 4. The molecule has 3 aromatic carbocycles. The number of likely N-dealkylation sites (N-methyl/N-ethyl adjacent to an activating group) is 1. The molecular formula is C25H24N4O. The van der Waals surface area contributed by atoms with Gasteiger partial charge in [0.05, 0.1) is 18.4 Å². The molecule has 1 amide bonds. The lowest BCUT2D eigenvalue weighted by Gasteiger charge is -2.25. The summed E-state index contributed by atoms with van der Waals surface area (Å²) in [5.41, 5.74) is 11.6. The van der Waals surface area contributed by atoms with Crippen molar-refractivity contribution in [2.75, 3.05) is 13.6 Å². The van der Waals surface area contributed by atoms with Crippen molar-refractivity contribution in [3.8, 4) is 11.1 Å². The van der Waals surface area contributed by atoms with Gasteiger partial charge in [-0.1, -0.05) is 66.7 Å². The summed E-state index contributed by atoms with van der Waals surface area (Å²) in [6, 6.07) is 25.9. The molecule has 0 aliphatic carbocycles. The first-order valence-electron chi connectivity index (χ1n) is 9.87. The van der Waals surface area contributed by atoms with Crippen LogP contribution < -0.4 is 11.1 Å². The summed E-state index contributed by atoms with van der Waals surface area (Å²) in [4.78, 5) is 19.1. The summed E-state index contributed by atoms with van der Waals surface area (Å²) in [6.45, 7) is 1.02. The molecule has 0 aromatic heterocycles. The van der Waals surface area contributed by atoms with Crippen LogP contribution >= 0.6 is 0 Å². The molecule has 5 nitrogen and oxygen atoms in total. The van der Waals surface area contributed by atoms with E-state index in [1.54, 1.807) is 6.20 Å². The van der Waals surface area contributed by atoms with E-state index in [0.29, 0.717) is 24.5 Å². The van der Waals surface area contributed by atoms with E-state index in [2.05, 4.69) is 28.5 Å². The number of carbonyl (C=O) groups excluding carboxylic acids is 1. The summed E-state index contributed by atoms with van der Waals surface area (Å²) in [7, 11) is 1.96. The van der Waals surface area contributed by atoms with Crippen molar-refractivity contribution >= 4 is 17.4 Å². The average molecular weight is 396 g/mol. The average Bonchev–Trinajstić information content (AvgIpc) is 2.78. The molecule has 0 radical (unpaired) electrons. The fourth-order valence-corrected chi connectivity index (χ4v) is 3.58. The van der Waals surface area contributed by atoms with Crippen LogP contribution in [0.25, 0.3) is 16.8 Å². The number of nitrogens with one attached hydrogen (secondary N) is 1. The van der Waals surface area contributed by atoms with E-state index < -0.39 is 0 Å². The molecule has 3 N–H and O–H groups in total. The minimum Gasteiger partial charge on any atom is -0.386 e. The maximum absolute atomic E-state index is 12.8. The number of carbonyl (C=O) groups is 1. The van der Waals surface area contributed by atoms with E-state index in [0.717, 1.165) is 28.0 Å². The molecule has 1 aliphatic heterocycles. The van der Waals surface area contributed by atoms with E-state index in [-0.39, 0.29) is 5.91 Å². The largest absolute Gasteiger partial charge is 0.386 e. The first-order chi connectivity index (χ1) is 14.6. The van der Waals surface area contributed by atoms with Crippen molar-refractivity contribution in [3.63, 3.8) is 0 Å². The van der Waals surface area contributed by atoms with Gasteiger partial charge in [-0.3, -0.25) is 4.79 Å². The first-order valence-corrected chi connectivity index (χ1v) is 9.87. The Morgan fingerprint density at radius 2 is 1.73 bits per heavy atom. The van der Waals surface area contributed by atoms with Gasteiger partial charge >= 0.3 is 0 Å². The smallest absolute Gasteiger partial charge is 0.251 e. The second-order valence-corrected chi connectivity index (χ2v) is 7.28. The molecule has 0 bridgehead atoms. The zero-order chi connectivity index (χ0) is 20.9. The molecule has 1 aliphatic rings. The number of nitrogens with two attached hydrogens (primary N) is 1. The first kappa shape index (κ1) is 19.5. The van der Waals surface area contributed by atoms with Gasteiger partial charge in [-0.25, -0.2) is 4.99 Å². The van der Waals surface area contributed by atoms with Gasteiger partial charge in [-0.2, -0.15) is 0 Å². The van der Waals surface area contributed by atoms with Gasteiger partial charge in [0.25, 0.3) is 5.91 Å². The second-order valence-electron chi connectivity index (χ2n) is 7.28. The van der Waals surface area contributed by atoms with E-state index in [1.165, 1.54) is 0 Å². The van der Waals surface area contributed by atoms with Crippen LogP contribution in [0.5, 0.6) is 0 Å². The molecule has 0 fully saturated rings. The Hall–Kier alpha value is -3.86. The van der Waals surface area contributed by atoms with Crippen LogP contribution in [0, 0.1) is 0 Å². The number of aliphatic imine (C=N–C) groups is 1. The fraction of sp³-hybridized carbons (Fsp3) is 0.120. The molecule has 4 rings (SSSR count). The van der Waals surface area contributed by atoms with Gasteiger partial charge in [0, 0.05) is 24.7 Å². The van der Waals surface area contributed by atoms with E-state index in [9.17, 15) is 4.79 Å². The van der Waals surface area contributed by atoms with Gasteiger partial charge < -0.3 is 16.0 Å². The van der Waals surface area contributed by atoms with Crippen molar-refractivity contribution < 1.29 is 4.79 Å². The predicted octanol–water partition coefficient (Wildman–Crippen LogP) is 3.88. The van der Waals surface area contributed by atoms with Crippen LogP contribution in [0.4, 0.5) is 0 Å². The van der Waals surface area contributed by atoms with Crippen molar-refractivity contribution in [1.29, 1.82) is 0 Å². The maximum atomic E-state index is 12.8. The lowest BCUT2D eigenvalue weighted by Crippen LogP contribution is -2.32. The van der Waals surface area contributed by atoms with Crippen molar-refractivity contribution in [1.82, 2.24) is 10.2 Å². The Balaban J connectivity index is 1.51. The zero-order valence-electron chi connectivity index (χ0n) is 16.9. The summed E-state index contributed by atoms with van der Waals surface area (Å²) < 4.78 is 0. The molecule has 0 saturated heterocycles. The minimum absolute atomic E-state index is 0.109. The minimum atomic E-state index is -0.109. The third-order valence-corrected chi connectivity index (χ3v) is 5.13. The number of rotatable bonds is 5. The van der Waals surface area contributed by atoms with Crippen LogP contribution in [0.1, 0.15) is 21.5 Å². The highest BCUT2D eigenvalue weighted by atomic mass is 16.1. The van der Waals surface area contributed by atoms with E-state index in [4.69, 9.17) is 5.73 Å². The number of amidine groups is 1. The Kier molecular flexibility index (Phi) is 5.61. The molecule has 1 heterocycles. The summed E-state index contributed by atoms with van der Waals surface area (Å²) >= 11 is 0. The number of amides is 1. The van der Waals surface area contributed by atoms with Gasteiger partial charge in [-0.15, -0.1) is 0 Å². The Bertz CT molecular complexity index is 1120. The van der Waals surface area contributed by atoms with E-state index in [1.807, 2.05) is 72.6 Å². The predicted molar refractivity (Wildman–Crippen MR) is 122 cm³/mol. The summed E-state index contributed by atoms with van der Waals surface area (Å²) in [6.07, 6.45) is 1.74. The Morgan fingerprint density at radius 1 is 1.00 bits per heavy atom. The van der Waals surface area contributed by atoms with Crippen LogP contribution in [0.15, 0.2) is 90.1 Å². The SMILES string of the molecule is CN1CC(N)=NC=C1c1cccc(C(=O)NCc2ccccc2-c2ccccc2)c1. The van der Waals surface area contributed by atoms with Crippen molar-refractivity contribution in [3.05, 3.63) is 102 Å². The molecule has 0 spiro atoms.